The Hall–Kier alpha value is -1.23. The lowest BCUT2D eigenvalue weighted by Crippen LogP contribution is -2.32. The predicted octanol–water partition coefficient (Wildman–Crippen LogP) is 5.14. The monoisotopic (exact) mass is 276 g/mol. The Morgan fingerprint density at radius 1 is 1.30 bits per heavy atom. The molecule has 0 N–H and O–H groups in total. The van der Waals surface area contributed by atoms with Gasteiger partial charge in [0.05, 0.1) is 12.0 Å². The third-order valence-electron chi connectivity index (χ3n) is 3.93. The second-order valence-corrected chi connectivity index (χ2v) is 5.73. The van der Waals surface area contributed by atoms with Gasteiger partial charge in [-0.25, -0.2) is 0 Å². The minimum absolute atomic E-state index is 0.0918. The van der Waals surface area contributed by atoms with E-state index >= 15 is 0 Å². The molecule has 2 unspecified atom stereocenters. The number of hydrogen-bond acceptors (Lipinski definition) is 2. The lowest BCUT2D eigenvalue weighted by Gasteiger charge is -2.34. The zero-order chi connectivity index (χ0) is 15.5. The molecular weight excluding hydrogens is 244 g/mol. The van der Waals surface area contributed by atoms with Crippen LogP contribution in [0.2, 0.25) is 0 Å². The molecule has 0 aromatic heterocycles. The van der Waals surface area contributed by atoms with Crippen LogP contribution >= 0.6 is 0 Å². The summed E-state index contributed by atoms with van der Waals surface area (Å²) >= 11 is 0. The molecule has 20 heavy (non-hydrogen) atoms. The van der Waals surface area contributed by atoms with E-state index in [1.807, 2.05) is 6.08 Å². The van der Waals surface area contributed by atoms with Gasteiger partial charge in [0.15, 0.2) is 0 Å². The van der Waals surface area contributed by atoms with Crippen molar-refractivity contribution in [3.63, 3.8) is 0 Å². The SMILES string of the molecule is C=CC(C#N)C(CCCCC)/C(=C\CC)N(C)C(C)C. The maximum Gasteiger partial charge on any atom is 0.0723 e. The summed E-state index contributed by atoms with van der Waals surface area (Å²) in [6.07, 6.45) is 9.80. The van der Waals surface area contributed by atoms with Gasteiger partial charge < -0.3 is 4.90 Å². The molecule has 0 aromatic carbocycles. The second kappa shape index (κ2) is 10.5. The standard InChI is InChI=1S/C18H32N2/c1-7-10-11-13-17(16(9-3)14-19)18(12-8-2)20(6)15(4)5/h9,12,15-17H,3,7-8,10-11,13H2,1-2,4-6H3/b18-12+. The third kappa shape index (κ3) is 5.82. The van der Waals surface area contributed by atoms with Crippen LogP contribution in [0.15, 0.2) is 24.4 Å². The number of allylic oxidation sites excluding steroid dienone is 3. The van der Waals surface area contributed by atoms with Crippen LogP contribution in [-0.4, -0.2) is 18.0 Å². The Kier molecular flexibility index (Phi) is 9.90. The Morgan fingerprint density at radius 3 is 2.35 bits per heavy atom. The van der Waals surface area contributed by atoms with Gasteiger partial charge in [0.25, 0.3) is 0 Å². The van der Waals surface area contributed by atoms with E-state index in [1.54, 1.807) is 0 Å². The Balaban J connectivity index is 5.25. The first-order chi connectivity index (χ1) is 9.53. The second-order valence-electron chi connectivity index (χ2n) is 5.73. The molecule has 2 atom stereocenters. The van der Waals surface area contributed by atoms with E-state index in [-0.39, 0.29) is 11.8 Å². The molecule has 114 valence electrons. The Bertz CT molecular complexity index is 336. The van der Waals surface area contributed by atoms with Crippen molar-refractivity contribution in [2.24, 2.45) is 11.8 Å². The largest absolute Gasteiger partial charge is 0.375 e. The molecule has 0 radical (unpaired) electrons. The van der Waals surface area contributed by atoms with Gasteiger partial charge >= 0.3 is 0 Å². The third-order valence-corrected chi connectivity index (χ3v) is 3.93. The highest BCUT2D eigenvalue weighted by Crippen LogP contribution is 2.30. The quantitative estimate of drug-likeness (QED) is 0.408. The smallest absolute Gasteiger partial charge is 0.0723 e. The molecule has 0 fully saturated rings. The summed E-state index contributed by atoms with van der Waals surface area (Å²) in [5.41, 5.74) is 1.31. The lowest BCUT2D eigenvalue weighted by molar-refractivity contribution is 0.276. The van der Waals surface area contributed by atoms with E-state index in [4.69, 9.17) is 0 Å². The summed E-state index contributed by atoms with van der Waals surface area (Å²) in [5, 5.41) is 9.42. The number of unbranched alkanes of at least 4 members (excludes halogenated alkanes) is 2. The van der Waals surface area contributed by atoms with Crippen molar-refractivity contribution in [3.8, 4) is 6.07 Å². The van der Waals surface area contributed by atoms with Crippen LogP contribution in [0, 0.1) is 23.2 Å². The fraction of sp³-hybridized carbons (Fsp3) is 0.722. The fourth-order valence-corrected chi connectivity index (χ4v) is 2.50. The van der Waals surface area contributed by atoms with E-state index in [0.29, 0.717) is 6.04 Å². The molecule has 0 aliphatic rings. The normalized spacial score (nSPS) is 14.8. The van der Waals surface area contributed by atoms with Crippen molar-refractivity contribution in [3.05, 3.63) is 24.4 Å². The number of nitriles is 1. The highest BCUT2D eigenvalue weighted by Gasteiger charge is 2.25. The van der Waals surface area contributed by atoms with Gasteiger partial charge in [0, 0.05) is 24.7 Å². The fourth-order valence-electron chi connectivity index (χ4n) is 2.50. The van der Waals surface area contributed by atoms with Crippen molar-refractivity contribution in [2.75, 3.05) is 7.05 Å². The molecular formula is C18H32N2. The van der Waals surface area contributed by atoms with Crippen LogP contribution in [0.5, 0.6) is 0 Å². The van der Waals surface area contributed by atoms with Crippen LogP contribution in [-0.2, 0) is 0 Å². The van der Waals surface area contributed by atoms with Gasteiger partial charge in [-0.1, -0.05) is 45.3 Å². The summed E-state index contributed by atoms with van der Waals surface area (Å²) in [5.74, 6) is 0.183. The van der Waals surface area contributed by atoms with Gasteiger partial charge in [-0.15, -0.1) is 6.58 Å². The highest BCUT2D eigenvalue weighted by atomic mass is 15.1. The lowest BCUT2D eigenvalue weighted by atomic mass is 9.84. The average molecular weight is 276 g/mol. The molecule has 0 amide bonds. The average Bonchev–Trinajstić information content (AvgIpc) is 2.44. The predicted molar refractivity (Wildman–Crippen MR) is 88.2 cm³/mol. The molecule has 0 spiro atoms. The first-order valence-electron chi connectivity index (χ1n) is 7.98. The summed E-state index contributed by atoms with van der Waals surface area (Å²) in [6.45, 7) is 12.6. The topological polar surface area (TPSA) is 27.0 Å². The maximum absolute atomic E-state index is 9.42. The van der Waals surface area contributed by atoms with Gasteiger partial charge in [0.1, 0.15) is 0 Å². The summed E-state index contributed by atoms with van der Waals surface area (Å²) < 4.78 is 0. The summed E-state index contributed by atoms with van der Waals surface area (Å²) in [7, 11) is 2.14. The molecule has 0 aliphatic heterocycles. The molecule has 0 saturated heterocycles. The first-order valence-corrected chi connectivity index (χ1v) is 7.98. The number of rotatable bonds is 10. The minimum atomic E-state index is -0.0918. The molecule has 0 saturated carbocycles. The molecule has 2 nitrogen and oxygen atoms in total. The minimum Gasteiger partial charge on any atom is -0.375 e. The Labute approximate surface area is 126 Å². The molecule has 0 aliphatic carbocycles. The summed E-state index contributed by atoms with van der Waals surface area (Å²) in [6, 6.07) is 2.88. The van der Waals surface area contributed by atoms with Crippen LogP contribution in [0.4, 0.5) is 0 Å². The van der Waals surface area contributed by atoms with E-state index in [1.165, 1.54) is 25.0 Å². The van der Waals surface area contributed by atoms with Crippen molar-refractivity contribution in [1.82, 2.24) is 4.90 Å². The van der Waals surface area contributed by atoms with Crippen LogP contribution < -0.4 is 0 Å². The van der Waals surface area contributed by atoms with Crippen molar-refractivity contribution in [2.45, 2.75) is 65.8 Å². The van der Waals surface area contributed by atoms with Crippen LogP contribution in [0.3, 0.4) is 0 Å². The van der Waals surface area contributed by atoms with Crippen molar-refractivity contribution >= 4 is 0 Å². The highest BCUT2D eigenvalue weighted by molar-refractivity contribution is 5.15. The van der Waals surface area contributed by atoms with Gasteiger partial charge in [-0.2, -0.15) is 5.26 Å². The molecule has 0 rings (SSSR count). The van der Waals surface area contributed by atoms with Crippen LogP contribution in [0.1, 0.15) is 59.8 Å². The van der Waals surface area contributed by atoms with E-state index in [0.717, 1.165) is 12.8 Å². The van der Waals surface area contributed by atoms with Gasteiger partial charge in [-0.3, -0.25) is 0 Å². The van der Waals surface area contributed by atoms with Gasteiger partial charge in [-0.05, 0) is 26.7 Å². The number of nitrogens with zero attached hydrogens (tertiary/aromatic N) is 2. The van der Waals surface area contributed by atoms with Crippen LogP contribution in [0.25, 0.3) is 0 Å². The zero-order valence-corrected chi connectivity index (χ0v) is 14.0. The van der Waals surface area contributed by atoms with Crippen molar-refractivity contribution in [1.29, 1.82) is 5.26 Å². The van der Waals surface area contributed by atoms with Crippen molar-refractivity contribution < 1.29 is 0 Å². The molecule has 0 aromatic rings. The van der Waals surface area contributed by atoms with E-state index in [2.05, 4.69) is 58.4 Å². The molecule has 2 heteroatoms. The van der Waals surface area contributed by atoms with Gasteiger partial charge in [0.2, 0.25) is 0 Å². The molecule has 0 heterocycles. The zero-order valence-electron chi connectivity index (χ0n) is 14.0. The number of hydrogen-bond donors (Lipinski definition) is 0. The Morgan fingerprint density at radius 2 is 1.95 bits per heavy atom. The molecule has 0 bridgehead atoms. The summed E-state index contributed by atoms with van der Waals surface area (Å²) in [4.78, 5) is 2.31. The van der Waals surface area contributed by atoms with E-state index < -0.39 is 0 Å². The van der Waals surface area contributed by atoms with E-state index in [9.17, 15) is 5.26 Å². The first kappa shape index (κ1) is 18.8. The maximum atomic E-state index is 9.42.